The number of benzene rings is 2. The van der Waals surface area contributed by atoms with Gasteiger partial charge in [-0.2, -0.15) is 0 Å². The summed E-state index contributed by atoms with van der Waals surface area (Å²) in [6, 6.07) is 13.0. The molecule has 0 saturated heterocycles. The lowest BCUT2D eigenvalue weighted by atomic mass is 10.0. The van der Waals surface area contributed by atoms with E-state index in [0.29, 0.717) is 41.2 Å². The Morgan fingerprint density at radius 3 is 2.46 bits per heavy atom. The maximum absolute atomic E-state index is 13.0. The first kappa shape index (κ1) is 27.6. The van der Waals surface area contributed by atoms with Crippen molar-refractivity contribution in [3.8, 4) is 11.3 Å². The number of nitrogens with zero attached hydrogens (tertiary/aromatic N) is 4. The van der Waals surface area contributed by atoms with Gasteiger partial charge in [0.05, 0.1) is 35.2 Å². The molecule has 0 bridgehead atoms. The second-order valence-electron chi connectivity index (χ2n) is 9.39. The van der Waals surface area contributed by atoms with Gasteiger partial charge in [-0.15, -0.1) is 12.4 Å². The van der Waals surface area contributed by atoms with Crippen LogP contribution in [0.3, 0.4) is 0 Å². The molecule has 9 nitrogen and oxygen atoms in total. The maximum atomic E-state index is 13.0. The minimum Gasteiger partial charge on any atom is -0.481 e. The number of rotatable bonds is 9. The highest BCUT2D eigenvalue weighted by atomic mass is 35.5. The fourth-order valence-electron chi connectivity index (χ4n) is 4.33. The lowest BCUT2D eigenvalue weighted by Gasteiger charge is -2.13. The molecule has 194 valence electrons. The molecule has 4 rings (SSSR count). The Labute approximate surface area is 220 Å². The SMILES string of the molecule is CC(C)Cc1ncn(CCC(=O)O)c1-c1ccc2c(c1)nc(Cc1ccc(C(=N)N)cc1)c(=O)n2C.Cl. The van der Waals surface area contributed by atoms with E-state index in [1.165, 1.54) is 0 Å². The van der Waals surface area contributed by atoms with Gasteiger partial charge in [0.2, 0.25) is 0 Å². The quantitative estimate of drug-likeness (QED) is 0.226. The van der Waals surface area contributed by atoms with E-state index >= 15 is 0 Å². The maximum Gasteiger partial charge on any atom is 0.305 e. The molecule has 0 saturated carbocycles. The van der Waals surface area contributed by atoms with Crippen LogP contribution in [0.2, 0.25) is 0 Å². The van der Waals surface area contributed by atoms with Gasteiger partial charge in [-0.05, 0) is 30.0 Å². The number of carbonyl (C=O) groups is 1. The second-order valence-corrected chi connectivity index (χ2v) is 9.39. The number of halogens is 1. The van der Waals surface area contributed by atoms with E-state index in [1.807, 2.05) is 34.9 Å². The number of aryl methyl sites for hydroxylation is 2. The number of carboxylic acid groups (broad SMARTS) is 1. The van der Waals surface area contributed by atoms with Crippen molar-refractivity contribution in [3.05, 3.63) is 81.7 Å². The van der Waals surface area contributed by atoms with Gasteiger partial charge in [-0.1, -0.05) is 44.2 Å². The number of aromatic nitrogens is 4. The first-order chi connectivity index (χ1) is 17.1. The zero-order chi connectivity index (χ0) is 26.0. The normalized spacial score (nSPS) is 11.0. The molecule has 0 amide bonds. The van der Waals surface area contributed by atoms with Crippen LogP contribution < -0.4 is 11.3 Å². The van der Waals surface area contributed by atoms with Gasteiger partial charge in [0, 0.05) is 31.1 Å². The van der Waals surface area contributed by atoms with Crippen molar-refractivity contribution in [3.63, 3.8) is 0 Å². The van der Waals surface area contributed by atoms with Crippen molar-refractivity contribution in [2.45, 2.75) is 39.7 Å². The van der Waals surface area contributed by atoms with Gasteiger partial charge in [0.25, 0.3) is 5.56 Å². The number of carboxylic acids is 1. The van der Waals surface area contributed by atoms with E-state index in [4.69, 9.17) is 16.1 Å². The van der Waals surface area contributed by atoms with Crippen molar-refractivity contribution < 1.29 is 9.90 Å². The van der Waals surface area contributed by atoms with Crippen molar-refractivity contribution in [2.24, 2.45) is 18.7 Å². The molecular formula is C27H31ClN6O3. The van der Waals surface area contributed by atoms with E-state index in [1.54, 1.807) is 30.1 Å². The number of hydrogen-bond donors (Lipinski definition) is 3. The number of amidine groups is 1. The molecule has 0 fully saturated rings. The molecule has 0 radical (unpaired) electrons. The Hall–Kier alpha value is -3.98. The minimum atomic E-state index is -0.865. The largest absolute Gasteiger partial charge is 0.481 e. The third-order valence-corrected chi connectivity index (χ3v) is 6.14. The van der Waals surface area contributed by atoms with Gasteiger partial charge < -0.3 is 20.0 Å². The summed E-state index contributed by atoms with van der Waals surface area (Å²) in [5.41, 5.74) is 11.4. The van der Waals surface area contributed by atoms with Crippen LogP contribution in [0.25, 0.3) is 22.3 Å². The molecule has 4 aromatic rings. The molecule has 0 unspecified atom stereocenters. The standard InChI is InChI=1S/C27H30N6O3.ClH/c1-16(2)12-21-25(33(15-30-21)11-10-24(34)35)19-8-9-23-20(14-19)31-22(27(36)32(23)3)13-17-4-6-18(7-5-17)26(28)29;/h4-9,14-16H,10-13H2,1-3H3,(H3,28,29)(H,34,35);1H. The Morgan fingerprint density at radius 2 is 1.84 bits per heavy atom. The van der Waals surface area contributed by atoms with Gasteiger partial charge >= 0.3 is 5.97 Å². The van der Waals surface area contributed by atoms with E-state index in [2.05, 4.69) is 18.8 Å². The Bertz CT molecular complexity index is 1510. The van der Waals surface area contributed by atoms with Crippen LogP contribution in [0.4, 0.5) is 0 Å². The van der Waals surface area contributed by atoms with Crippen LogP contribution in [0.15, 0.2) is 53.6 Å². The zero-order valence-electron chi connectivity index (χ0n) is 21.1. The van der Waals surface area contributed by atoms with Crippen LogP contribution in [0.1, 0.15) is 42.8 Å². The third-order valence-electron chi connectivity index (χ3n) is 6.14. The summed E-state index contributed by atoms with van der Waals surface area (Å²) in [7, 11) is 1.73. The molecule has 0 aliphatic rings. The summed E-state index contributed by atoms with van der Waals surface area (Å²) in [5.74, 6) is -0.489. The number of hydrogen-bond acceptors (Lipinski definition) is 5. The first-order valence-corrected chi connectivity index (χ1v) is 11.8. The highest BCUT2D eigenvalue weighted by Gasteiger charge is 2.17. The molecule has 0 aliphatic carbocycles. The van der Waals surface area contributed by atoms with Crippen LogP contribution in [0, 0.1) is 11.3 Å². The average molecular weight is 523 g/mol. The van der Waals surface area contributed by atoms with Crippen molar-refractivity contribution >= 4 is 35.2 Å². The fourth-order valence-corrected chi connectivity index (χ4v) is 4.33. The summed E-state index contributed by atoms with van der Waals surface area (Å²) < 4.78 is 3.48. The van der Waals surface area contributed by atoms with Crippen LogP contribution in [-0.2, 0) is 31.2 Å². The highest BCUT2D eigenvalue weighted by Crippen LogP contribution is 2.28. The lowest BCUT2D eigenvalue weighted by Crippen LogP contribution is -2.23. The number of nitrogens with two attached hydrogens (primary N) is 1. The summed E-state index contributed by atoms with van der Waals surface area (Å²) >= 11 is 0. The molecule has 4 N–H and O–H groups in total. The Morgan fingerprint density at radius 1 is 1.14 bits per heavy atom. The fraction of sp³-hybridized carbons (Fsp3) is 0.296. The molecule has 2 heterocycles. The summed E-state index contributed by atoms with van der Waals surface area (Å²) in [5, 5.41) is 16.7. The zero-order valence-corrected chi connectivity index (χ0v) is 21.9. The van der Waals surface area contributed by atoms with E-state index < -0.39 is 5.97 Å². The number of imidazole rings is 1. The molecule has 37 heavy (non-hydrogen) atoms. The van der Waals surface area contributed by atoms with Gasteiger partial charge in [-0.3, -0.25) is 15.0 Å². The first-order valence-electron chi connectivity index (χ1n) is 11.8. The number of nitrogen functional groups attached to an aromatic ring is 1. The Kier molecular flexibility index (Phi) is 8.49. The van der Waals surface area contributed by atoms with Crippen LogP contribution >= 0.6 is 12.4 Å². The van der Waals surface area contributed by atoms with Crippen molar-refractivity contribution in [2.75, 3.05) is 0 Å². The summed E-state index contributed by atoms with van der Waals surface area (Å²) in [6.45, 7) is 4.55. The minimum absolute atomic E-state index is 0. The molecule has 0 aliphatic heterocycles. The van der Waals surface area contributed by atoms with Crippen LogP contribution in [-0.4, -0.2) is 36.0 Å². The van der Waals surface area contributed by atoms with Crippen molar-refractivity contribution in [1.82, 2.24) is 19.1 Å². The predicted octanol–water partition coefficient (Wildman–Crippen LogP) is 3.77. The van der Waals surface area contributed by atoms with Crippen LogP contribution in [0.5, 0.6) is 0 Å². The van der Waals surface area contributed by atoms with Crippen molar-refractivity contribution in [1.29, 1.82) is 5.41 Å². The number of fused-ring (bicyclic) bond motifs is 1. The lowest BCUT2D eigenvalue weighted by molar-refractivity contribution is -0.137. The van der Waals surface area contributed by atoms with E-state index in [0.717, 1.165) is 28.9 Å². The monoisotopic (exact) mass is 522 g/mol. The number of aliphatic carboxylic acids is 1. The third kappa shape index (κ3) is 6.06. The molecule has 0 atom stereocenters. The second kappa shape index (κ2) is 11.4. The molecule has 0 spiro atoms. The molecule has 10 heteroatoms. The average Bonchev–Trinajstić information content (AvgIpc) is 3.22. The smallest absolute Gasteiger partial charge is 0.305 e. The molecular weight excluding hydrogens is 492 g/mol. The van der Waals surface area contributed by atoms with E-state index in [-0.39, 0.29) is 30.2 Å². The van der Waals surface area contributed by atoms with Gasteiger partial charge in [-0.25, -0.2) is 9.97 Å². The molecule has 2 aromatic carbocycles. The summed E-state index contributed by atoms with van der Waals surface area (Å²) in [6.07, 6.45) is 2.80. The van der Waals surface area contributed by atoms with E-state index in [9.17, 15) is 14.7 Å². The molecule has 2 aromatic heterocycles. The van der Waals surface area contributed by atoms with Gasteiger partial charge in [0.1, 0.15) is 11.5 Å². The summed E-state index contributed by atoms with van der Waals surface area (Å²) in [4.78, 5) is 33.5. The topological polar surface area (TPSA) is 140 Å². The Balaban J connectivity index is 0.00000380. The highest BCUT2D eigenvalue weighted by molar-refractivity contribution is 5.94. The predicted molar refractivity (Wildman–Crippen MR) is 147 cm³/mol. The van der Waals surface area contributed by atoms with Gasteiger partial charge in [0.15, 0.2) is 0 Å². The number of nitrogens with one attached hydrogen (secondary N) is 1.